The van der Waals surface area contributed by atoms with Crippen LogP contribution in [0.15, 0.2) is 29.2 Å². The van der Waals surface area contributed by atoms with Gasteiger partial charge in [0.2, 0.25) is 0 Å². The third-order valence-electron chi connectivity index (χ3n) is 2.42. The summed E-state index contributed by atoms with van der Waals surface area (Å²) in [4.78, 5) is 0.0300. The van der Waals surface area contributed by atoms with E-state index in [0.29, 0.717) is 6.42 Å². The second-order valence-electron chi connectivity index (χ2n) is 5.37. The molecule has 0 aliphatic carbocycles. The van der Waals surface area contributed by atoms with Crippen LogP contribution in [0.25, 0.3) is 0 Å². The van der Waals surface area contributed by atoms with E-state index < -0.39 is 10.1 Å². The summed E-state index contributed by atoms with van der Waals surface area (Å²) in [6.45, 7) is 6.51. The Morgan fingerprint density at radius 1 is 1.22 bits per heavy atom. The molecule has 0 N–H and O–H groups in total. The van der Waals surface area contributed by atoms with Crippen molar-refractivity contribution < 1.29 is 12.6 Å². The van der Waals surface area contributed by atoms with Crippen molar-refractivity contribution in [3.63, 3.8) is 0 Å². The molecule has 0 radical (unpaired) electrons. The fraction of sp³-hybridized carbons (Fsp3) is 0.538. The highest BCUT2D eigenvalue weighted by atomic mass is 35.5. The molecule has 5 heteroatoms. The van der Waals surface area contributed by atoms with Crippen LogP contribution in [0.1, 0.15) is 33.6 Å². The highest BCUT2D eigenvalue weighted by Crippen LogP contribution is 2.24. The van der Waals surface area contributed by atoms with Gasteiger partial charge in [0.1, 0.15) is 4.90 Å². The molecule has 0 saturated carbocycles. The minimum absolute atomic E-state index is 0.0300. The van der Waals surface area contributed by atoms with E-state index in [1.807, 2.05) is 0 Å². The molecular formula is C13H19ClO3S. The molecule has 0 bridgehead atoms. The van der Waals surface area contributed by atoms with E-state index >= 15 is 0 Å². The Labute approximate surface area is 114 Å². The Morgan fingerprint density at radius 2 is 1.83 bits per heavy atom. The number of benzene rings is 1. The lowest BCUT2D eigenvalue weighted by atomic mass is 9.91. The summed E-state index contributed by atoms with van der Waals surface area (Å²) in [5.74, 6) is 0. The largest absolute Gasteiger partial charge is 0.298 e. The molecule has 18 heavy (non-hydrogen) atoms. The molecule has 3 nitrogen and oxygen atoms in total. The van der Waals surface area contributed by atoms with E-state index in [0.717, 1.165) is 6.42 Å². The number of rotatable bonds is 5. The Bertz CT molecular complexity index is 489. The molecule has 0 aliphatic rings. The molecule has 0 aliphatic heterocycles. The van der Waals surface area contributed by atoms with Gasteiger partial charge in [-0.05, 0) is 30.4 Å². The Morgan fingerprint density at radius 3 is 2.39 bits per heavy atom. The van der Waals surface area contributed by atoms with Gasteiger partial charge in [-0.1, -0.05) is 44.5 Å². The van der Waals surface area contributed by atoms with Crippen molar-refractivity contribution in [2.75, 3.05) is 6.61 Å². The minimum atomic E-state index is -3.74. The van der Waals surface area contributed by atoms with Crippen LogP contribution in [0.4, 0.5) is 0 Å². The first-order valence-corrected chi connectivity index (χ1v) is 7.65. The first kappa shape index (κ1) is 15.5. The molecule has 0 spiro atoms. The van der Waals surface area contributed by atoms with Gasteiger partial charge in [0, 0.05) is 0 Å². The minimum Gasteiger partial charge on any atom is -0.266 e. The standard InChI is InChI=1S/C13H19ClO3S/c1-13(2,3)9-6-10-17-18(15,16)12-8-5-4-7-11(12)14/h4-5,7-8H,6,9-10H2,1-3H3. The summed E-state index contributed by atoms with van der Waals surface area (Å²) in [7, 11) is -3.74. The lowest BCUT2D eigenvalue weighted by Gasteiger charge is -2.17. The normalized spacial score (nSPS) is 12.7. The second-order valence-corrected chi connectivity index (χ2v) is 7.36. The summed E-state index contributed by atoms with van der Waals surface area (Å²) in [6.07, 6.45) is 1.61. The molecular weight excluding hydrogens is 272 g/mol. The molecule has 0 amide bonds. The molecule has 0 aromatic heterocycles. The molecule has 0 atom stereocenters. The Hall–Kier alpha value is -0.580. The van der Waals surface area contributed by atoms with E-state index in [4.69, 9.17) is 15.8 Å². The number of hydrogen-bond acceptors (Lipinski definition) is 3. The lowest BCUT2D eigenvalue weighted by molar-refractivity contribution is 0.272. The molecule has 1 aromatic carbocycles. The van der Waals surface area contributed by atoms with Crippen LogP contribution in [-0.4, -0.2) is 15.0 Å². The predicted molar refractivity (Wildman–Crippen MR) is 73.3 cm³/mol. The molecule has 0 fully saturated rings. The first-order chi connectivity index (χ1) is 8.22. The van der Waals surface area contributed by atoms with Gasteiger partial charge in [-0.3, -0.25) is 4.18 Å². The van der Waals surface area contributed by atoms with Crippen LogP contribution in [0, 0.1) is 5.41 Å². The van der Waals surface area contributed by atoms with E-state index in [9.17, 15) is 8.42 Å². The van der Waals surface area contributed by atoms with Crippen molar-refractivity contribution in [3.05, 3.63) is 29.3 Å². The van der Waals surface area contributed by atoms with Crippen molar-refractivity contribution in [2.45, 2.75) is 38.5 Å². The van der Waals surface area contributed by atoms with Crippen molar-refractivity contribution in [1.82, 2.24) is 0 Å². The maximum Gasteiger partial charge on any atom is 0.298 e. The zero-order valence-corrected chi connectivity index (χ0v) is 12.5. The summed E-state index contributed by atoms with van der Waals surface area (Å²) in [6, 6.07) is 6.28. The molecule has 0 saturated heterocycles. The maximum absolute atomic E-state index is 11.9. The smallest absolute Gasteiger partial charge is 0.266 e. The highest BCUT2D eigenvalue weighted by Gasteiger charge is 2.18. The summed E-state index contributed by atoms with van der Waals surface area (Å²) >= 11 is 5.83. The van der Waals surface area contributed by atoms with Crippen molar-refractivity contribution in [3.8, 4) is 0 Å². The van der Waals surface area contributed by atoms with E-state index in [2.05, 4.69) is 20.8 Å². The van der Waals surface area contributed by atoms with E-state index in [1.165, 1.54) is 12.1 Å². The third-order valence-corrected chi connectivity index (χ3v) is 4.23. The number of hydrogen-bond donors (Lipinski definition) is 0. The second kappa shape index (κ2) is 6.04. The summed E-state index contributed by atoms with van der Waals surface area (Å²) in [5, 5.41) is 0.188. The fourth-order valence-electron chi connectivity index (χ4n) is 1.48. The van der Waals surface area contributed by atoms with Gasteiger partial charge in [0.05, 0.1) is 11.6 Å². The molecule has 1 rings (SSSR count). The monoisotopic (exact) mass is 290 g/mol. The SMILES string of the molecule is CC(C)(C)CCCOS(=O)(=O)c1ccccc1Cl. The topological polar surface area (TPSA) is 43.4 Å². The molecule has 0 heterocycles. The van der Waals surface area contributed by atoms with Crippen LogP contribution in [0.5, 0.6) is 0 Å². The van der Waals surface area contributed by atoms with Gasteiger partial charge in [-0.25, -0.2) is 0 Å². The highest BCUT2D eigenvalue weighted by molar-refractivity contribution is 7.86. The lowest BCUT2D eigenvalue weighted by Crippen LogP contribution is -2.11. The zero-order chi connectivity index (χ0) is 13.8. The molecule has 1 aromatic rings. The van der Waals surface area contributed by atoms with Gasteiger partial charge in [0.25, 0.3) is 10.1 Å². The van der Waals surface area contributed by atoms with E-state index in [-0.39, 0.29) is 21.9 Å². The summed E-state index contributed by atoms with van der Waals surface area (Å²) < 4.78 is 28.7. The van der Waals surface area contributed by atoms with Crippen molar-refractivity contribution in [2.24, 2.45) is 5.41 Å². The van der Waals surface area contributed by atoms with Gasteiger partial charge in [0.15, 0.2) is 0 Å². The van der Waals surface area contributed by atoms with Crippen LogP contribution < -0.4 is 0 Å². The summed E-state index contributed by atoms with van der Waals surface area (Å²) in [5.41, 5.74) is 0.178. The van der Waals surface area contributed by atoms with Crippen LogP contribution in [-0.2, 0) is 14.3 Å². The molecule has 0 unspecified atom stereocenters. The average molecular weight is 291 g/mol. The van der Waals surface area contributed by atoms with Gasteiger partial charge in [-0.15, -0.1) is 0 Å². The van der Waals surface area contributed by atoms with Crippen molar-refractivity contribution >= 4 is 21.7 Å². The Balaban J connectivity index is 2.59. The van der Waals surface area contributed by atoms with Crippen LogP contribution in [0.3, 0.4) is 0 Å². The maximum atomic E-state index is 11.9. The Kier molecular flexibility index (Phi) is 5.20. The first-order valence-electron chi connectivity index (χ1n) is 5.86. The van der Waals surface area contributed by atoms with Crippen molar-refractivity contribution in [1.29, 1.82) is 0 Å². The third kappa shape index (κ3) is 4.96. The average Bonchev–Trinajstić information content (AvgIpc) is 2.24. The van der Waals surface area contributed by atoms with Gasteiger partial charge < -0.3 is 0 Å². The number of halogens is 1. The molecule has 102 valence electrons. The predicted octanol–water partition coefficient (Wildman–Crippen LogP) is 3.87. The van der Waals surface area contributed by atoms with Gasteiger partial charge in [-0.2, -0.15) is 8.42 Å². The fourth-order valence-corrected chi connectivity index (χ4v) is 2.92. The van der Waals surface area contributed by atoms with Crippen LogP contribution >= 0.6 is 11.6 Å². The van der Waals surface area contributed by atoms with Crippen LogP contribution in [0.2, 0.25) is 5.02 Å². The zero-order valence-electron chi connectivity index (χ0n) is 10.9. The quantitative estimate of drug-likeness (QED) is 0.611. The van der Waals surface area contributed by atoms with E-state index in [1.54, 1.807) is 12.1 Å². The van der Waals surface area contributed by atoms with Gasteiger partial charge >= 0.3 is 0 Å².